The molecule has 0 radical (unpaired) electrons. The first kappa shape index (κ1) is 13.6. The monoisotopic (exact) mass is 276 g/mol. The SMILES string of the molecule is COc1ccc(CCC(=O)c2cc(OC)cs2)cc1. The molecule has 0 aliphatic carbocycles. The molecule has 0 unspecified atom stereocenters. The maximum atomic E-state index is 12.0. The van der Waals surface area contributed by atoms with Crippen LogP contribution < -0.4 is 9.47 Å². The molecule has 100 valence electrons. The van der Waals surface area contributed by atoms with E-state index < -0.39 is 0 Å². The minimum atomic E-state index is 0.157. The molecule has 2 aromatic rings. The number of carbonyl (C=O) groups excluding carboxylic acids is 1. The Bertz CT molecular complexity index is 543. The van der Waals surface area contributed by atoms with Crippen LogP contribution in [0.25, 0.3) is 0 Å². The third kappa shape index (κ3) is 3.58. The lowest BCUT2D eigenvalue weighted by atomic mass is 10.1. The van der Waals surface area contributed by atoms with E-state index in [0.29, 0.717) is 6.42 Å². The standard InChI is InChI=1S/C15H16O3S/c1-17-12-6-3-11(4-7-12)5-8-14(16)15-9-13(18-2)10-19-15/h3-4,6-7,9-10H,5,8H2,1-2H3. The first-order valence-electron chi connectivity index (χ1n) is 6.01. The van der Waals surface area contributed by atoms with Crippen LogP contribution in [0.3, 0.4) is 0 Å². The Morgan fingerprint density at radius 3 is 2.37 bits per heavy atom. The first-order chi connectivity index (χ1) is 9.22. The average molecular weight is 276 g/mol. The molecule has 2 rings (SSSR count). The Morgan fingerprint density at radius 1 is 1.11 bits per heavy atom. The summed E-state index contributed by atoms with van der Waals surface area (Å²) in [5.41, 5.74) is 1.14. The molecular weight excluding hydrogens is 260 g/mol. The van der Waals surface area contributed by atoms with Crippen molar-refractivity contribution in [2.45, 2.75) is 12.8 Å². The molecule has 19 heavy (non-hydrogen) atoms. The Morgan fingerprint density at radius 2 is 1.79 bits per heavy atom. The number of ether oxygens (including phenoxy) is 2. The molecule has 0 atom stereocenters. The molecule has 1 aromatic heterocycles. The van der Waals surface area contributed by atoms with Crippen molar-refractivity contribution in [3.63, 3.8) is 0 Å². The average Bonchev–Trinajstić information content (AvgIpc) is 2.94. The number of aryl methyl sites for hydroxylation is 1. The van der Waals surface area contributed by atoms with Gasteiger partial charge in [-0.05, 0) is 24.1 Å². The van der Waals surface area contributed by atoms with Crippen LogP contribution in [0.1, 0.15) is 21.7 Å². The molecule has 0 bridgehead atoms. The molecule has 0 aliphatic heterocycles. The summed E-state index contributed by atoms with van der Waals surface area (Å²) in [6, 6.07) is 9.59. The van der Waals surface area contributed by atoms with Gasteiger partial charge < -0.3 is 9.47 Å². The number of carbonyl (C=O) groups is 1. The first-order valence-corrected chi connectivity index (χ1v) is 6.89. The largest absolute Gasteiger partial charge is 0.497 e. The molecule has 0 amide bonds. The zero-order valence-electron chi connectivity index (χ0n) is 11.0. The molecule has 0 N–H and O–H groups in total. The van der Waals surface area contributed by atoms with E-state index >= 15 is 0 Å². The summed E-state index contributed by atoms with van der Waals surface area (Å²) in [6.07, 6.45) is 1.25. The number of Topliss-reactive ketones (excluding diaryl/α,β-unsaturated/α-hetero) is 1. The smallest absolute Gasteiger partial charge is 0.173 e. The molecule has 1 heterocycles. The van der Waals surface area contributed by atoms with Crippen molar-refractivity contribution in [2.24, 2.45) is 0 Å². The normalized spacial score (nSPS) is 10.2. The Labute approximate surface area is 116 Å². The Kier molecular flexibility index (Phi) is 4.58. The van der Waals surface area contributed by atoms with Crippen molar-refractivity contribution < 1.29 is 14.3 Å². The molecule has 0 aliphatic rings. The number of ketones is 1. The Hall–Kier alpha value is -1.81. The van der Waals surface area contributed by atoms with Gasteiger partial charge in [0.2, 0.25) is 0 Å². The van der Waals surface area contributed by atoms with Gasteiger partial charge in [-0.25, -0.2) is 0 Å². The third-order valence-corrected chi connectivity index (χ3v) is 3.84. The lowest BCUT2D eigenvalue weighted by molar-refractivity contribution is 0.0986. The van der Waals surface area contributed by atoms with E-state index in [4.69, 9.17) is 9.47 Å². The summed E-state index contributed by atoms with van der Waals surface area (Å²) in [4.78, 5) is 12.8. The predicted molar refractivity (Wildman–Crippen MR) is 76.5 cm³/mol. The van der Waals surface area contributed by atoms with Crippen LogP contribution in [-0.4, -0.2) is 20.0 Å². The van der Waals surface area contributed by atoms with Gasteiger partial charge in [0.1, 0.15) is 11.5 Å². The summed E-state index contributed by atoms with van der Waals surface area (Å²) in [5.74, 6) is 1.74. The highest BCUT2D eigenvalue weighted by Crippen LogP contribution is 2.23. The van der Waals surface area contributed by atoms with Crippen LogP contribution in [0, 0.1) is 0 Å². The van der Waals surface area contributed by atoms with Gasteiger partial charge in [0.05, 0.1) is 19.1 Å². The number of benzene rings is 1. The lowest BCUT2D eigenvalue weighted by Gasteiger charge is -2.02. The quantitative estimate of drug-likeness (QED) is 0.756. The van der Waals surface area contributed by atoms with E-state index in [1.54, 1.807) is 20.3 Å². The molecule has 0 saturated heterocycles. The predicted octanol–water partition coefficient (Wildman–Crippen LogP) is 3.58. The summed E-state index contributed by atoms with van der Waals surface area (Å²) in [7, 11) is 3.25. The second-order valence-electron chi connectivity index (χ2n) is 4.12. The van der Waals surface area contributed by atoms with Crippen LogP contribution in [0.4, 0.5) is 0 Å². The highest BCUT2D eigenvalue weighted by molar-refractivity contribution is 7.12. The van der Waals surface area contributed by atoms with Crippen molar-refractivity contribution in [3.8, 4) is 11.5 Å². The van der Waals surface area contributed by atoms with Crippen molar-refractivity contribution in [1.29, 1.82) is 0 Å². The fourth-order valence-electron chi connectivity index (χ4n) is 1.75. The van der Waals surface area contributed by atoms with Crippen LogP contribution in [0.15, 0.2) is 35.7 Å². The van der Waals surface area contributed by atoms with Crippen molar-refractivity contribution >= 4 is 17.1 Å². The van der Waals surface area contributed by atoms with Crippen LogP contribution >= 0.6 is 11.3 Å². The van der Waals surface area contributed by atoms with E-state index in [1.165, 1.54) is 11.3 Å². The lowest BCUT2D eigenvalue weighted by Crippen LogP contribution is -1.98. The van der Waals surface area contributed by atoms with Gasteiger partial charge in [-0.1, -0.05) is 12.1 Å². The van der Waals surface area contributed by atoms with E-state index in [-0.39, 0.29) is 5.78 Å². The summed E-state index contributed by atoms with van der Waals surface area (Å²) < 4.78 is 10.2. The van der Waals surface area contributed by atoms with Gasteiger partial charge in [0.15, 0.2) is 5.78 Å². The number of hydrogen-bond acceptors (Lipinski definition) is 4. The van der Waals surface area contributed by atoms with E-state index in [9.17, 15) is 4.79 Å². The molecule has 1 aromatic carbocycles. The van der Waals surface area contributed by atoms with Gasteiger partial charge in [-0.15, -0.1) is 11.3 Å². The highest BCUT2D eigenvalue weighted by atomic mass is 32.1. The van der Waals surface area contributed by atoms with E-state index in [2.05, 4.69) is 0 Å². The van der Waals surface area contributed by atoms with Gasteiger partial charge in [-0.3, -0.25) is 4.79 Å². The zero-order valence-corrected chi connectivity index (χ0v) is 11.8. The van der Waals surface area contributed by atoms with Gasteiger partial charge in [0.25, 0.3) is 0 Å². The molecule has 4 heteroatoms. The minimum Gasteiger partial charge on any atom is -0.497 e. The van der Waals surface area contributed by atoms with E-state index in [0.717, 1.165) is 28.4 Å². The Balaban J connectivity index is 1.92. The van der Waals surface area contributed by atoms with Crippen molar-refractivity contribution in [2.75, 3.05) is 14.2 Å². The van der Waals surface area contributed by atoms with Gasteiger partial charge >= 0.3 is 0 Å². The molecular formula is C15H16O3S. The topological polar surface area (TPSA) is 35.5 Å². The third-order valence-electron chi connectivity index (χ3n) is 2.89. The highest BCUT2D eigenvalue weighted by Gasteiger charge is 2.09. The second kappa shape index (κ2) is 6.38. The van der Waals surface area contributed by atoms with Gasteiger partial charge in [-0.2, -0.15) is 0 Å². The number of hydrogen-bond donors (Lipinski definition) is 0. The molecule has 0 spiro atoms. The zero-order chi connectivity index (χ0) is 13.7. The van der Waals surface area contributed by atoms with Crippen LogP contribution in [-0.2, 0) is 6.42 Å². The summed E-state index contributed by atoms with van der Waals surface area (Å²) >= 11 is 1.43. The minimum absolute atomic E-state index is 0.157. The van der Waals surface area contributed by atoms with E-state index in [1.807, 2.05) is 29.6 Å². The van der Waals surface area contributed by atoms with Crippen LogP contribution in [0.2, 0.25) is 0 Å². The summed E-state index contributed by atoms with van der Waals surface area (Å²) in [5, 5.41) is 1.85. The number of methoxy groups -OCH3 is 2. The molecule has 0 saturated carbocycles. The molecule has 3 nitrogen and oxygen atoms in total. The second-order valence-corrected chi connectivity index (χ2v) is 5.03. The fraction of sp³-hybridized carbons (Fsp3) is 0.267. The van der Waals surface area contributed by atoms with Crippen LogP contribution in [0.5, 0.6) is 11.5 Å². The number of rotatable bonds is 6. The van der Waals surface area contributed by atoms with Crippen molar-refractivity contribution in [3.05, 3.63) is 46.2 Å². The maximum Gasteiger partial charge on any atom is 0.173 e. The van der Waals surface area contributed by atoms with Crippen molar-refractivity contribution in [1.82, 2.24) is 0 Å². The van der Waals surface area contributed by atoms with Gasteiger partial charge in [0, 0.05) is 17.9 Å². The molecule has 0 fully saturated rings. The maximum absolute atomic E-state index is 12.0. The summed E-state index contributed by atoms with van der Waals surface area (Å²) in [6.45, 7) is 0. The fourth-order valence-corrected chi connectivity index (χ4v) is 2.57. The number of thiophene rings is 1.